The summed E-state index contributed by atoms with van der Waals surface area (Å²) in [7, 11) is 0. The molecule has 2 atom stereocenters. The van der Waals surface area contributed by atoms with Crippen molar-refractivity contribution in [2.75, 3.05) is 0 Å². The Kier molecular flexibility index (Phi) is 5.04. The molecule has 2 N–H and O–H groups in total. The first kappa shape index (κ1) is 17.7. The van der Waals surface area contributed by atoms with Crippen LogP contribution >= 0.6 is 12.2 Å². The van der Waals surface area contributed by atoms with Crippen molar-refractivity contribution in [1.82, 2.24) is 10.6 Å². The Hall–Kier alpha value is -3.13. The average molecular weight is 369 g/mol. The molecule has 2 aromatic rings. The van der Waals surface area contributed by atoms with E-state index in [1.165, 1.54) is 12.1 Å². The van der Waals surface area contributed by atoms with Crippen molar-refractivity contribution in [2.24, 2.45) is 5.92 Å². The maximum atomic E-state index is 12.5. The fourth-order valence-corrected chi connectivity index (χ4v) is 3.13. The monoisotopic (exact) mass is 369 g/mol. The van der Waals surface area contributed by atoms with Crippen molar-refractivity contribution in [3.63, 3.8) is 0 Å². The quantitative estimate of drug-likeness (QED) is 0.363. The predicted molar refractivity (Wildman–Crippen MR) is 98.6 cm³/mol. The second kappa shape index (κ2) is 7.40. The molecule has 0 saturated carbocycles. The van der Waals surface area contributed by atoms with Crippen LogP contribution < -0.4 is 10.6 Å². The van der Waals surface area contributed by atoms with Gasteiger partial charge in [-0.1, -0.05) is 42.5 Å². The molecule has 7 nitrogen and oxygen atoms in total. The van der Waals surface area contributed by atoms with Crippen LogP contribution in [0.5, 0.6) is 0 Å². The summed E-state index contributed by atoms with van der Waals surface area (Å²) in [5.41, 5.74) is 1.13. The lowest BCUT2D eigenvalue weighted by atomic mass is 9.85. The Labute approximate surface area is 154 Å². The van der Waals surface area contributed by atoms with Gasteiger partial charge in [0.25, 0.3) is 5.69 Å². The summed E-state index contributed by atoms with van der Waals surface area (Å²) < 4.78 is 0. The van der Waals surface area contributed by atoms with E-state index in [9.17, 15) is 19.7 Å². The number of benzene rings is 2. The molecular weight excluding hydrogens is 354 g/mol. The van der Waals surface area contributed by atoms with Crippen molar-refractivity contribution in [2.45, 2.75) is 12.5 Å². The van der Waals surface area contributed by atoms with Gasteiger partial charge in [-0.3, -0.25) is 19.7 Å². The minimum atomic E-state index is -0.684. The van der Waals surface area contributed by atoms with Gasteiger partial charge < -0.3 is 10.6 Å². The van der Waals surface area contributed by atoms with Crippen LogP contribution in [0.25, 0.3) is 0 Å². The molecule has 3 rings (SSSR count). The first-order chi connectivity index (χ1) is 12.5. The van der Waals surface area contributed by atoms with E-state index < -0.39 is 16.9 Å². The molecule has 1 aliphatic heterocycles. The third-order valence-electron chi connectivity index (χ3n) is 4.23. The Balaban J connectivity index is 1.87. The van der Waals surface area contributed by atoms with E-state index >= 15 is 0 Å². The average Bonchev–Trinajstić information content (AvgIpc) is 2.64. The number of nitro groups is 1. The smallest absolute Gasteiger partial charge is 0.269 e. The van der Waals surface area contributed by atoms with Crippen LogP contribution in [0.4, 0.5) is 5.69 Å². The molecule has 1 saturated heterocycles. The molecule has 0 spiro atoms. The molecule has 1 fully saturated rings. The zero-order valence-corrected chi connectivity index (χ0v) is 14.4. The molecule has 132 valence electrons. The van der Waals surface area contributed by atoms with Crippen molar-refractivity contribution in [3.05, 3.63) is 75.8 Å². The lowest BCUT2D eigenvalue weighted by Crippen LogP contribution is -2.54. The SMILES string of the molecule is O=C(CC1C(=O)NC(=S)NC1c1ccc([N+](=O)[O-])cc1)c1ccccc1. The third kappa shape index (κ3) is 3.75. The van der Waals surface area contributed by atoms with E-state index in [0.717, 1.165) is 0 Å². The lowest BCUT2D eigenvalue weighted by molar-refractivity contribution is -0.384. The zero-order chi connectivity index (χ0) is 18.7. The first-order valence-corrected chi connectivity index (χ1v) is 8.30. The molecular formula is C18H15N3O4S. The maximum absolute atomic E-state index is 12.5. The van der Waals surface area contributed by atoms with Gasteiger partial charge in [-0.05, 0) is 17.8 Å². The number of hydrogen-bond donors (Lipinski definition) is 2. The molecule has 1 amide bonds. The number of non-ortho nitro benzene ring substituents is 1. The number of amides is 1. The highest BCUT2D eigenvalue weighted by Gasteiger charge is 2.36. The number of carbonyl (C=O) groups excluding carboxylic acids is 2. The Morgan fingerprint density at radius 2 is 1.77 bits per heavy atom. The molecule has 2 aromatic carbocycles. The number of rotatable bonds is 5. The number of Topliss-reactive ketones (excluding diaryl/α,β-unsaturated/α-hetero) is 1. The summed E-state index contributed by atoms with van der Waals surface area (Å²) >= 11 is 5.05. The van der Waals surface area contributed by atoms with Crippen molar-refractivity contribution in [3.8, 4) is 0 Å². The third-order valence-corrected chi connectivity index (χ3v) is 4.45. The number of ketones is 1. The normalized spacial score (nSPS) is 19.4. The molecule has 8 heteroatoms. The van der Waals surface area contributed by atoms with E-state index in [-0.39, 0.29) is 28.9 Å². The highest BCUT2D eigenvalue weighted by molar-refractivity contribution is 7.80. The van der Waals surface area contributed by atoms with Gasteiger partial charge in [0.2, 0.25) is 5.91 Å². The maximum Gasteiger partial charge on any atom is 0.269 e. The van der Waals surface area contributed by atoms with Crippen LogP contribution in [-0.2, 0) is 4.79 Å². The summed E-state index contributed by atoms with van der Waals surface area (Å²) in [6.45, 7) is 0. The van der Waals surface area contributed by atoms with Crippen LogP contribution in [0.1, 0.15) is 28.4 Å². The second-order valence-electron chi connectivity index (χ2n) is 5.89. The second-order valence-corrected chi connectivity index (χ2v) is 6.30. The molecule has 1 heterocycles. The van der Waals surface area contributed by atoms with Gasteiger partial charge in [0.05, 0.1) is 16.9 Å². The van der Waals surface area contributed by atoms with Crippen LogP contribution in [0.2, 0.25) is 0 Å². The summed E-state index contributed by atoms with van der Waals surface area (Å²) in [6, 6.07) is 14.0. The molecule has 0 aliphatic carbocycles. The number of nitrogens with zero attached hydrogens (tertiary/aromatic N) is 1. The Bertz CT molecular complexity index is 868. The van der Waals surface area contributed by atoms with E-state index in [1.54, 1.807) is 36.4 Å². The first-order valence-electron chi connectivity index (χ1n) is 7.89. The van der Waals surface area contributed by atoms with Gasteiger partial charge in [-0.2, -0.15) is 0 Å². The number of nitro benzene ring substituents is 1. The molecule has 0 bridgehead atoms. The van der Waals surface area contributed by atoms with Crippen molar-refractivity contribution >= 4 is 34.7 Å². The van der Waals surface area contributed by atoms with Gasteiger partial charge in [0, 0.05) is 24.1 Å². The van der Waals surface area contributed by atoms with Crippen LogP contribution in [0, 0.1) is 16.0 Å². The van der Waals surface area contributed by atoms with E-state index in [2.05, 4.69) is 10.6 Å². The highest BCUT2D eigenvalue weighted by atomic mass is 32.1. The molecule has 1 aliphatic rings. The van der Waals surface area contributed by atoms with E-state index in [1.807, 2.05) is 6.07 Å². The Morgan fingerprint density at radius 3 is 2.38 bits per heavy atom. The van der Waals surface area contributed by atoms with Crippen LogP contribution in [0.3, 0.4) is 0 Å². The standard InChI is InChI=1S/C18H15N3O4S/c22-15(11-4-2-1-3-5-11)10-14-16(19-18(26)20-17(14)23)12-6-8-13(9-7-12)21(24)25/h1-9,14,16H,10H2,(H2,19,20,23,26). The largest absolute Gasteiger partial charge is 0.355 e. The van der Waals surface area contributed by atoms with Crippen LogP contribution in [-0.4, -0.2) is 21.7 Å². The molecule has 26 heavy (non-hydrogen) atoms. The zero-order valence-electron chi connectivity index (χ0n) is 13.5. The van der Waals surface area contributed by atoms with Crippen LogP contribution in [0.15, 0.2) is 54.6 Å². The summed E-state index contributed by atoms with van der Waals surface area (Å²) in [5, 5.41) is 16.5. The lowest BCUT2D eigenvalue weighted by Gasteiger charge is -2.33. The topological polar surface area (TPSA) is 101 Å². The molecule has 0 radical (unpaired) electrons. The van der Waals surface area contributed by atoms with Gasteiger partial charge in [0.15, 0.2) is 10.9 Å². The van der Waals surface area contributed by atoms with Gasteiger partial charge >= 0.3 is 0 Å². The summed E-state index contributed by atoms with van der Waals surface area (Å²) in [4.78, 5) is 35.3. The number of thiocarbonyl (C=S) groups is 1. The fourth-order valence-electron chi connectivity index (χ4n) is 2.91. The van der Waals surface area contributed by atoms with Gasteiger partial charge in [-0.15, -0.1) is 0 Å². The van der Waals surface area contributed by atoms with Gasteiger partial charge in [0.1, 0.15) is 0 Å². The minimum Gasteiger partial charge on any atom is -0.355 e. The predicted octanol–water partition coefficient (Wildman–Crippen LogP) is 2.53. The van der Waals surface area contributed by atoms with Crippen molar-refractivity contribution in [1.29, 1.82) is 0 Å². The van der Waals surface area contributed by atoms with E-state index in [0.29, 0.717) is 11.1 Å². The van der Waals surface area contributed by atoms with Crippen molar-refractivity contribution < 1.29 is 14.5 Å². The number of carbonyl (C=O) groups is 2. The number of hydrogen-bond acceptors (Lipinski definition) is 5. The minimum absolute atomic E-state index is 0.00683. The van der Waals surface area contributed by atoms with E-state index in [4.69, 9.17) is 12.2 Å². The van der Waals surface area contributed by atoms with Gasteiger partial charge in [-0.25, -0.2) is 0 Å². The highest BCUT2D eigenvalue weighted by Crippen LogP contribution is 2.30. The fraction of sp³-hybridized carbons (Fsp3) is 0.167. The summed E-state index contributed by atoms with van der Waals surface area (Å²) in [5.74, 6) is -1.19. The summed E-state index contributed by atoms with van der Waals surface area (Å²) in [6.07, 6.45) is -0.00683. The molecule has 0 aromatic heterocycles. The Morgan fingerprint density at radius 1 is 1.12 bits per heavy atom. The molecule has 2 unspecified atom stereocenters. The number of nitrogens with one attached hydrogen (secondary N) is 2.